The number of benzene rings is 1. The number of nitrogens with zero attached hydrogens (tertiary/aromatic N) is 1. The molecule has 2 nitrogen and oxygen atoms in total. The van der Waals surface area contributed by atoms with Crippen LogP contribution in [0, 0.1) is 0 Å². The van der Waals surface area contributed by atoms with Gasteiger partial charge in [0.2, 0.25) is 0 Å². The molecule has 1 aromatic rings. The highest BCUT2D eigenvalue weighted by Crippen LogP contribution is 2.24. The number of amides is 1. The lowest BCUT2D eigenvalue weighted by atomic mass is 10.2. The Morgan fingerprint density at radius 1 is 1.44 bits per heavy atom. The summed E-state index contributed by atoms with van der Waals surface area (Å²) < 4.78 is 37.3. The summed E-state index contributed by atoms with van der Waals surface area (Å²) in [5, 5.41) is 0.394. The zero-order chi connectivity index (χ0) is 13.9. The van der Waals surface area contributed by atoms with E-state index in [1.807, 2.05) is 0 Å². The van der Waals surface area contributed by atoms with Gasteiger partial charge < -0.3 is 4.90 Å². The molecule has 0 aromatic heterocycles. The summed E-state index contributed by atoms with van der Waals surface area (Å²) in [4.78, 5) is 12.6. The Balaban J connectivity index is 2.93. The molecule has 0 spiro atoms. The molecule has 0 aliphatic rings. The number of rotatable bonds is 3. The van der Waals surface area contributed by atoms with E-state index in [1.165, 1.54) is 25.1 Å². The average Bonchev–Trinajstić information content (AvgIpc) is 2.27. The fourth-order valence-electron chi connectivity index (χ4n) is 1.36. The van der Waals surface area contributed by atoms with Crippen molar-refractivity contribution in [1.29, 1.82) is 0 Å². The van der Waals surface area contributed by atoms with Gasteiger partial charge >= 0.3 is 6.18 Å². The van der Waals surface area contributed by atoms with Crippen LogP contribution in [0.3, 0.4) is 0 Å². The molecule has 0 bridgehead atoms. The maximum Gasteiger partial charge on any atom is 0.406 e. The fraction of sp³-hybridized carbons (Fsp3) is 0.364. The standard InChI is InChI=1S/C11H10BrClF3NO/c1-2-17(6-11(14,15)16)10(18)7-3-4-9(13)8(12)5-7/h3-5H,2,6H2,1H3. The summed E-state index contributed by atoms with van der Waals surface area (Å²) in [6, 6.07) is 4.26. The maximum absolute atomic E-state index is 12.3. The molecule has 0 N–H and O–H groups in total. The van der Waals surface area contributed by atoms with Gasteiger partial charge in [-0.2, -0.15) is 13.2 Å². The first-order valence-electron chi connectivity index (χ1n) is 5.05. The van der Waals surface area contributed by atoms with E-state index in [0.29, 0.717) is 9.50 Å². The van der Waals surface area contributed by atoms with Gasteiger partial charge in [-0.3, -0.25) is 4.79 Å². The minimum absolute atomic E-state index is 0.0153. The minimum Gasteiger partial charge on any atom is -0.330 e. The first-order valence-corrected chi connectivity index (χ1v) is 6.22. The Morgan fingerprint density at radius 2 is 2.06 bits per heavy atom. The van der Waals surface area contributed by atoms with Gasteiger partial charge in [-0.15, -0.1) is 0 Å². The Morgan fingerprint density at radius 3 is 2.50 bits per heavy atom. The summed E-state index contributed by atoms with van der Waals surface area (Å²) in [7, 11) is 0. The van der Waals surface area contributed by atoms with Crippen molar-refractivity contribution in [3.63, 3.8) is 0 Å². The van der Waals surface area contributed by atoms with Crippen molar-refractivity contribution >= 4 is 33.4 Å². The van der Waals surface area contributed by atoms with Crippen LogP contribution in [0.2, 0.25) is 5.02 Å². The molecule has 0 heterocycles. The zero-order valence-electron chi connectivity index (χ0n) is 9.39. The number of hydrogen-bond acceptors (Lipinski definition) is 1. The molecule has 1 aromatic carbocycles. The number of alkyl halides is 3. The number of carbonyl (C=O) groups excluding carboxylic acids is 1. The van der Waals surface area contributed by atoms with Crippen molar-refractivity contribution in [1.82, 2.24) is 4.90 Å². The summed E-state index contributed by atoms with van der Waals surface area (Å²) >= 11 is 8.88. The zero-order valence-corrected chi connectivity index (χ0v) is 11.7. The van der Waals surface area contributed by atoms with Crippen LogP contribution < -0.4 is 0 Å². The summed E-state index contributed by atoms with van der Waals surface area (Å²) in [6.07, 6.45) is -4.41. The fourth-order valence-corrected chi connectivity index (χ4v) is 1.85. The van der Waals surface area contributed by atoms with Crippen molar-refractivity contribution in [3.05, 3.63) is 33.3 Å². The van der Waals surface area contributed by atoms with E-state index in [1.54, 1.807) is 0 Å². The predicted molar refractivity (Wildman–Crippen MR) is 66.8 cm³/mol. The average molecular weight is 345 g/mol. The van der Waals surface area contributed by atoms with Gasteiger partial charge in [0.1, 0.15) is 6.54 Å². The van der Waals surface area contributed by atoms with Crippen LogP contribution in [0.5, 0.6) is 0 Å². The van der Waals surface area contributed by atoms with Gasteiger partial charge in [0, 0.05) is 16.6 Å². The van der Waals surface area contributed by atoms with E-state index in [0.717, 1.165) is 4.90 Å². The number of carbonyl (C=O) groups is 1. The second kappa shape index (κ2) is 5.93. The molecule has 7 heteroatoms. The topological polar surface area (TPSA) is 20.3 Å². The third kappa shape index (κ3) is 4.17. The van der Waals surface area contributed by atoms with E-state index in [-0.39, 0.29) is 12.1 Å². The quantitative estimate of drug-likeness (QED) is 0.807. The first-order chi connectivity index (χ1) is 8.24. The molecule has 0 fully saturated rings. The van der Waals surface area contributed by atoms with Gasteiger partial charge in [-0.25, -0.2) is 0 Å². The van der Waals surface area contributed by atoms with Crippen LogP contribution in [0.4, 0.5) is 13.2 Å². The Labute approximate surface area is 116 Å². The molecule has 0 aliphatic carbocycles. The van der Waals surface area contributed by atoms with Crippen LogP contribution in [-0.2, 0) is 0 Å². The van der Waals surface area contributed by atoms with Gasteiger partial charge in [0.25, 0.3) is 5.91 Å². The lowest BCUT2D eigenvalue weighted by molar-refractivity contribution is -0.140. The SMILES string of the molecule is CCN(CC(F)(F)F)C(=O)c1ccc(Cl)c(Br)c1. The molecule has 0 radical (unpaired) electrons. The predicted octanol–water partition coefficient (Wildman–Crippen LogP) is 4.13. The highest BCUT2D eigenvalue weighted by Gasteiger charge is 2.32. The van der Waals surface area contributed by atoms with Crippen LogP contribution in [0.1, 0.15) is 17.3 Å². The summed E-state index contributed by atoms with van der Waals surface area (Å²) in [5.74, 6) is -0.674. The Bertz CT molecular complexity index is 450. The number of halogens is 5. The van der Waals surface area contributed by atoms with Crippen LogP contribution in [0.25, 0.3) is 0 Å². The van der Waals surface area contributed by atoms with E-state index >= 15 is 0 Å². The lowest BCUT2D eigenvalue weighted by Gasteiger charge is -2.22. The summed E-state index contributed by atoms with van der Waals surface area (Å²) in [6.45, 7) is 0.218. The molecule has 0 unspecified atom stereocenters. The second-order valence-electron chi connectivity index (χ2n) is 3.56. The van der Waals surface area contributed by atoms with Gasteiger partial charge in [-0.1, -0.05) is 11.6 Å². The smallest absolute Gasteiger partial charge is 0.330 e. The highest BCUT2D eigenvalue weighted by molar-refractivity contribution is 9.10. The monoisotopic (exact) mass is 343 g/mol. The molecule has 100 valence electrons. The number of hydrogen-bond donors (Lipinski definition) is 0. The Hall–Kier alpha value is -0.750. The van der Waals surface area contributed by atoms with Crippen molar-refractivity contribution in [2.24, 2.45) is 0 Å². The largest absolute Gasteiger partial charge is 0.406 e. The molecular weight excluding hydrogens is 334 g/mol. The molecule has 0 saturated heterocycles. The molecule has 18 heavy (non-hydrogen) atoms. The van der Waals surface area contributed by atoms with E-state index in [2.05, 4.69) is 15.9 Å². The first kappa shape index (κ1) is 15.3. The molecule has 0 saturated carbocycles. The summed E-state index contributed by atoms with van der Waals surface area (Å²) in [5.41, 5.74) is 0.164. The molecule has 1 amide bonds. The minimum atomic E-state index is -4.41. The van der Waals surface area contributed by atoms with Crippen LogP contribution >= 0.6 is 27.5 Å². The third-order valence-corrected chi connectivity index (χ3v) is 3.42. The Kier molecular flexibility index (Phi) is 5.04. The second-order valence-corrected chi connectivity index (χ2v) is 4.82. The maximum atomic E-state index is 12.3. The van der Waals surface area contributed by atoms with Crippen molar-refractivity contribution in [2.75, 3.05) is 13.1 Å². The lowest BCUT2D eigenvalue weighted by Crippen LogP contribution is -2.38. The van der Waals surface area contributed by atoms with Crippen LogP contribution in [-0.4, -0.2) is 30.1 Å². The van der Waals surface area contributed by atoms with Crippen molar-refractivity contribution < 1.29 is 18.0 Å². The van der Waals surface area contributed by atoms with E-state index in [4.69, 9.17) is 11.6 Å². The van der Waals surface area contributed by atoms with Gasteiger partial charge in [-0.05, 0) is 41.1 Å². The van der Waals surface area contributed by atoms with Crippen LogP contribution in [0.15, 0.2) is 22.7 Å². The third-order valence-electron chi connectivity index (χ3n) is 2.21. The van der Waals surface area contributed by atoms with Crippen molar-refractivity contribution in [2.45, 2.75) is 13.1 Å². The van der Waals surface area contributed by atoms with E-state index < -0.39 is 18.6 Å². The van der Waals surface area contributed by atoms with Crippen molar-refractivity contribution in [3.8, 4) is 0 Å². The molecular formula is C11H10BrClF3NO. The van der Waals surface area contributed by atoms with E-state index in [9.17, 15) is 18.0 Å². The van der Waals surface area contributed by atoms with Gasteiger partial charge in [0.05, 0.1) is 5.02 Å². The highest BCUT2D eigenvalue weighted by atomic mass is 79.9. The molecule has 1 rings (SSSR count). The molecule has 0 aliphatic heterocycles. The van der Waals surface area contributed by atoms with Gasteiger partial charge in [0.15, 0.2) is 0 Å². The normalized spacial score (nSPS) is 11.4. The molecule has 0 atom stereocenters.